The molecule has 0 saturated carbocycles. The summed E-state index contributed by atoms with van der Waals surface area (Å²) in [5.74, 6) is 0.145. The third-order valence-electron chi connectivity index (χ3n) is 4.10. The van der Waals surface area contributed by atoms with Crippen molar-refractivity contribution in [1.82, 2.24) is 10.2 Å². The van der Waals surface area contributed by atoms with Gasteiger partial charge >= 0.3 is 0 Å². The van der Waals surface area contributed by atoms with Gasteiger partial charge in [0.25, 0.3) is 0 Å². The van der Waals surface area contributed by atoms with Crippen LogP contribution in [-0.2, 0) is 9.59 Å². The van der Waals surface area contributed by atoms with E-state index >= 15 is 0 Å². The molecule has 114 valence electrons. The molecule has 0 bridgehead atoms. The number of amides is 2. The maximum atomic E-state index is 12.2. The first kappa shape index (κ1) is 15.5. The molecule has 0 aliphatic carbocycles. The largest absolute Gasteiger partial charge is 0.355 e. The smallest absolute Gasteiger partial charge is 0.225 e. The predicted octanol–water partition coefficient (Wildman–Crippen LogP) is 2.16. The van der Waals surface area contributed by atoms with Crippen molar-refractivity contribution >= 4 is 11.8 Å². The number of carbonyl (C=O) groups is 2. The van der Waals surface area contributed by atoms with E-state index in [1.165, 1.54) is 5.56 Å². The summed E-state index contributed by atoms with van der Waals surface area (Å²) in [4.78, 5) is 25.8. The van der Waals surface area contributed by atoms with E-state index in [1.54, 1.807) is 4.90 Å². The Balaban J connectivity index is 1.84. The van der Waals surface area contributed by atoms with Crippen LogP contribution in [-0.4, -0.2) is 35.8 Å². The molecule has 21 heavy (non-hydrogen) atoms. The summed E-state index contributed by atoms with van der Waals surface area (Å²) in [6, 6.07) is 10.3. The minimum atomic E-state index is -0.206. The number of nitrogens with one attached hydrogen (secondary N) is 1. The molecular formula is C17H24N2O2. The Morgan fingerprint density at radius 2 is 1.95 bits per heavy atom. The van der Waals surface area contributed by atoms with Gasteiger partial charge in [0.2, 0.25) is 11.8 Å². The van der Waals surface area contributed by atoms with Crippen LogP contribution in [0.3, 0.4) is 0 Å². The standard InChI is InChI=1S/C17H24N2O2/c1-12(2)19-11-15(9-16(19)20)17(21)18-10-13(3)14-7-5-4-6-8-14/h4-8,12-13,15H,9-11H2,1-3H3,(H,18,21)/t13-,15+/m1/s1. The Kier molecular flexibility index (Phi) is 4.99. The average molecular weight is 288 g/mol. The molecule has 1 aromatic carbocycles. The lowest BCUT2D eigenvalue weighted by Crippen LogP contribution is -2.36. The maximum absolute atomic E-state index is 12.2. The predicted molar refractivity (Wildman–Crippen MR) is 82.8 cm³/mol. The van der Waals surface area contributed by atoms with E-state index in [0.29, 0.717) is 19.5 Å². The van der Waals surface area contributed by atoms with Crippen LogP contribution in [0.1, 0.15) is 38.7 Å². The van der Waals surface area contributed by atoms with Crippen molar-refractivity contribution in [2.45, 2.75) is 39.2 Å². The molecule has 1 aliphatic rings. The summed E-state index contributed by atoms with van der Waals surface area (Å²) >= 11 is 0. The molecule has 1 fully saturated rings. The second-order valence-corrected chi connectivity index (χ2v) is 6.10. The number of benzene rings is 1. The van der Waals surface area contributed by atoms with Gasteiger partial charge in [-0.25, -0.2) is 0 Å². The van der Waals surface area contributed by atoms with Crippen LogP contribution in [0.2, 0.25) is 0 Å². The minimum absolute atomic E-state index is 0.00530. The van der Waals surface area contributed by atoms with Gasteiger partial charge in [0.15, 0.2) is 0 Å². The molecule has 0 spiro atoms. The van der Waals surface area contributed by atoms with Gasteiger partial charge in [0, 0.05) is 25.6 Å². The lowest BCUT2D eigenvalue weighted by molar-refractivity contribution is -0.129. The van der Waals surface area contributed by atoms with Crippen molar-refractivity contribution in [1.29, 1.82) is 0 Å². The van der Waals surface area contributed by atoms with E-state index < -0.39 is 0 Å². The summed E-state index contributed by atoms with van der Waals surface area (Å²) in [7, 11) is 0. The molecule has 1 saturated heterocycles. The zero-order valence-corrected chi connectivity index (χ0v) is 13.0. The molecular weight excluding hydrogens is 264 g/mol. The third-order valence-corrected chi connectivity index (χ3v) is 4.10. The molecule has 4 heteroatoms. The monoisotopic (exact) mass is 288 g/mol. The first-order valence-electron chi connectivity index (χ1n) is 7.61. The van der Waals surface area contributed by atoms with Crippen LogP contribution in [0.15, 0.2) is 30.3 Å². The van der Waals surface area contributed by atoms with E-state index in [4.69, 9.17) is 0 Å². The zero-order chi connectivity index (χ0) is 15.4. The third kappa shape index (κ3) is 3.84. The van der Waals surface area contributed by atoms with Gasteiger partial charge in [-0.15, -0.1) is 0 Å². The Bertz CT molecular complexity index is 499. The van der Waals surface area contributed by atoms with Crippen molar-refractivity contribution < 1.29 is 9.59 Å². The lowest BCUT2D eigenvalue weighted by atomic mass is 10.0. The number of hydrogen-bond acceptors (Lipinski definition) is 2. The molecule has 0 aromatic heterocycles. The number of hydrogen-bond donors (Lipinski definition) is 1. The Morgan fingerprint density at radius 3 is 2.52 bits per heavy atom. The Hall–Kier alpha value is -1.84. The average Bonchev–Trinajstić information content (AvgIpc) is 2.87. The second-order valence-electron chi connectivity index (χ2n) is 6.10. The van der Waals surface area contributed by atoms with Gasteiger partial charge in [-0.3, -0.25) is 9.59 Å². The van der Waals surface area contributed by atoms with Crippen molar-refractivity contribution in [2.24, 2.45) is 5.92 Å². The maximum Gasteiger partial charge on any atom is 0.225 e. The molecule has 1 aliphatic heterocycles. The van der Waals surface area contributed by atoms with Crippen molar-refractivity contribution in [2.75, 3.05) is 13.1 Å². The van der Waals surface area contributed by atoms with Gasteiger partial charge < -0.3 is 10.2 Å². The van der Waals surface area contributed by atoms with Crippen molar-refractivity contribution in [3.05, 3.63) is 35.9 Å². The summed E-state index contributed by atoms with van der Waals surface area (Å²) in [5, 5.41) is 2.99. The fourth-order valence-corrected chi connectivity index (χ4v) is 2.70. The quantitative estimate of drug-likeness (QED) is 0.902. The first-order chi connectivity index (χ1) is 9.99. The summed E-state index contributed by atoms with van der Waals surface area (Å²) in [6.45, 7) is 7.21. The van der Waals surface area contributed by atoms with Crippen LogP contribution in [0, 0.1) is 5.92 Å². The Morgan fingerprint density at radius 1 is 1.29 bits per heavy atom. The topological polar surface area (TPSA) is 49.4 Å². The number of rotatable bonds is 5. The number of likely N-dealkylation sites (tertiary alicyclic amines) is 1. The van der Waals surface area contributed by atoms with Gasteiger partial charge in [-0.05, 0) is 25.3 Å². The minimum Gasteiger partial charge on any atom is -0.355 e. The molecule has 1 heterocycles. The fraction of sp³-hybridized carbons (Fsp3) is 0.529. The zero-order valence-electron chi connectivity index (χ0n) is 13.0. The molecule has 2 atom stereocenters. The van der Waals surface area contributed by atoms with Gasteiger partial charge in [-0.2, -0.15) is 0 Å². The second kappa shape index (κ2) is 6.74. The molecule has 1 aromatic rings. The van der Waals surface area contributed by atoms with Crippen LogP contribution in [0.25, 0.3) is 0 Å². The van der Waals surface area contributed by atoms with Gasteiger partial charge in [0.05, 0.1) is 5.92 Å². The highest BCUT2D eigenvalue weighted by Gasteiger charge is 2.35. The number of carbonyl (C=O) groups excluding carboxylic acids is 2. The summed E-state index contributed by atoms with van der Waals surface area (Å²) < 4.78 is 0. The van der Waals surface area contributed by atoms with E-state index in [0.717, 1.165) is 0 Å². The van der Waals surface area contributed by atoms with Crippen LogP contribution < -0.4 is 5.32 Å². The normalized spacial score (nSPS) is 19.9. The van der Waals surface area contributed by atoms with Gasteiger partial charge in [-0.1, -0.05) is 37.3 Å². The molecule has 0 unspecified atom stereocenters. The van der Waals surface area contributed by atoms with Crippen molar-refractivity contribution in [3.8, 4) is 0 Å². The molecule has 4 nitrogen and oxygen atoms in total. The van der Waals surface area contributed by atoms with E-state index in [1.807, 2.05) is 32.0 Å². The van der Waals surface area contributed by atoms with E-state index in [2.05, 4.69) is 24.4 Å². The van der Waals surface area contributed by atoms with Crippen LogP contribution in [0.5, 0.6) is 0 Å². The van der Waals surface area contributed by atoms with Crippen molar-refractivity contribution in [3.63, 3.8) is 0 Å². The highest BCUT2D eigenvalue weighted by molar-refractivity contribution is 5.89. The summed E-state index contributed by atoms with van der Waals surface area (Å²) in [5.41, 5.74) is 1.21. The molecule has 0 radical (unpaired) electrons. The van der Waals surface area contributed by atoms with Crippen LogP contribution in [0.4, 0.5) is 0 Å². The van der Waals surface area contributed by atoms with E-state index in [-0.39, 0.29) is 29.7 Å². The lowest BCUT2D eigenvalue weighted by Gasteiger charge is -2.21. The van der Waals surface area contributed by atoms with Gasteiger partial charge in [0.1, 0.15) is 0 Å². The molecule has 1 N–H and O–H groups in total. The Labute approximate surface area is 126 Å². The van der Waals surface area contributed by atoms with E-state index in [9.17, 15) is 9.59 Å². The highest BCUT2D eigenvalue weighted by Crippen LogP contribution is 2.20. The number of nitrogens with zero attached hydrogens (tertiary/aromatic N) is 1. The fourth-order valence-electron chi connectivity index (χ4n) is 2.70. The first-order valence-corrected chi connectivity index (χ1v) is 7.61. The highest BCUT2D eigenvalue weighted by atomic mass is 16.2. The summed E-state index contributed by atoms with van der Waals surface area (Å²) in [6.07, 6.45) is 0.337. The van der Waals surface area contributed by atoms with Crippen LogP contribution >= 0.6 is 0 Å². The molecule has 2 amide bonds. The SMILES string of the molecule is CC(C)N1C[C@@H](C(=O)NC[C@@H](C)c2ccccc2)CC1=O. The molecule has 2 rings (SSSR count).